The first-order chi connectivity index (χ1) is 12.6. The number of hydrogen-bond donors (Lipinski definition) is 2. The lowest BCUT2D eigenvalue weighted by Gasteiger charge is -2.15. The Morgan fingerprint density at radius 2 is 1.73 bits per heavy atom. The van der Waals surface area contributed by atoms with E-state index in [1.807, 2.05) is 62.6 Å². The molecule has 0 spiro atoms. The molecule has 1 aromatic heterocycles. The fraction of sp³-hybridized carbons (Fsp3) is 0.200. The molecule has 0 bridgehead atoms. The van der Waals surface area contributed by atoms with E-state index in [1.54, 1.807) is 10.8 Å². The van der Waals surface area contributed by atoms with Crippen LogP contribution in [0.3, 0.4) is 0 Å². The minimum absolute atomic E-state index is 0.166. The van der Waals surface area contributed by atoms with Crippen LogP contribution in [0.4, 0.5) is 0 Å². The predicted octanol–water partition coefficient (Wildman–Crippen LogP) is 3.53. The summed E-state index contributed by atoms with van der Waals surface area (Å²) in [5.74, 6) is -0.166. The van der Waals surface area contributed by atoms with Crippen molar-refractivity contribution in [3.8, 4) is 5.69 Å². The number of rotatable bonds is 6. The molecule has 3 rings (SSSR count). The van der Waals surface area contributed by atoms with E-state index in [9.17, 15) is 4.79 Å². The highest BCUT2D eigenvalue weighted by Crippen LogP contribution is 2.14. The van der Waals surface area contributed by atoms with Crippen LogP contribution in [0.5, 0.6) is 0 Å². The summed E-state index contributed by atoms with van der Waals surface area (Å²) in [4.78, 5) is 17.8. The van der Waals surface area contributed by atoms with Crippen LogP contribution >= 0.6 is 12.2 Å². The third-order valence-electron chi connectivity index (χ3n) is 4.07. The van der Waals surface area contributed by atoms with Crippen molar-refractivity contribution >= 4 is 18.1 Å². The van der Waals surface area contributed by atoms with Crippen molar-refractivity contribution < 1.29 is 4.79 Å². The van der Waals surface area contributed by atoms with Gasteiger partial charge in [-0.2, -0.15) is 0 Å². The summed E-state index contributed by atoms with van der Waals surface area (Å²) >= 11 is 5.34. The molecule has 5 nitrogen and oxygen atoms in total. The van der Waals surface area contributed by atoms with Gasteiger partial charge in [-0.05, 0) is 49.6 Å². The molecular weight excluding hydrogens is 344 g/mol. The number of hydrogen-bond acceptors (Lipinski definition) is 3. The van der Waals surface area contributed by atoms with Gasteiger partial charge in [0, 0.05) is 25.0 Å². The molecule has 26 heavy (non-hydrogen) atoms. The van der Waals surface area contributed by atoms with Gasteiger partial charge in [-0.1, -0.05) is 42.5 Å². The fourth-order valence-corrected chi connectivity index (χ4v) is 3.12. The Labute approximate surface area is 158 Å². The first kappa shape index (κ1) is 18.1. The number of nitrogens with zero attached hydrogens (tertiary/aromatic N) is 2. The maximum Gasteiger partial charge on any atom is 0.270 e. The SMILES string of the molecule is CN(C)Cc1ccccc1CNC(=O)c1c[nH]c(=S)n1-c1ccccc1. The number of imidazole rings is 1. The molecule has 1 amide bonds. The summed E-state index contributed by atoms with van der Waals surface area (Å²) in [5.41, 5.74) is 3.66. The minimum atomic E-state index is -0.166. The normalized spacial score (nSPS) is 10.9. The Kier molecular flexibility index (Phi) is 5.65. The van der Waals surface area contributed by atoms with Crippen LogP contribution in [0.25, 0.3) is 5.69 Å². The summed E-state index contributed by atoms with van der Waals surface area (Å²) in [7, 11) is 4.06. The van der Waals surface area contributed by atoms with E-state index in [2.05, 4.69) is 21.3 Å². The van der Waals surface area contributed by atoms with E-state index < -0.39 is 0 Å². The van der Waals surface area contributed by atoms with Gasteiger partial charge in [-0.25, -0.2) is 0 Å². The second-order valence-corrected chi connectivity index (χ2v) is 6.73. The predicted molar refractivity (Wildman–Crippen MR) is 106 cm³/mol. The Bertz CT molecular complexity index is 944. The van der Waals surface area contributed by atoms with Crippen LogP contribution in [-0.4, -0.2) is 34.5 Å². The van der Waals surface area contributed by atoms with Crippen LogP contribution < -0.4 is 5.32 Å². The molecule has 0 aliphatic rings. The average Bonchev–Trinajstić information content (AvgIpc) is 3.02. The zero-order chi connectivity index (χ0) is 18.5. The van der Waals surface area contributed by atoms with Crippen molar-refractivity contribution in [2.45, 2.75) is 13.1 Å². The van der Waals surface area contributed by atoms with Gasteiger partial charge in [0.1, 0.15) is 5.69 Å². The third kappa shape index (κ3) is 4.09. The highest BCUT2D eigenvalue weighted by molar-refractivity contribution is 7.71. The quantitative estimate of drug-likeness (QED) is 0.656. The van der Waals surface area contributed by atoms with Crippen LogP contribution in [0.2, 0.25) is 0 Å². The first-order valence-corrected chi connectivity index (χ1v) is 8.82. The molecule has 3 aromatic rings. The maximum atomic E-state index is 12.8. The summed E-state index contributed by atoms with van der Waals surface area (Å²) in [6, 6.07) is 17.8. The summed E-state index contributed by atoms with van der Waals surface area (Å²) < 4.78 is 2.24. The topological polar surface area (TPSA) is 53.1 Å². The molecule has 0 fully saturated rings. The zero-order valence-electron chi connectivity index (χ0n) is 14.9. The minimum Gasteiger partial charge on any atom is -0.347 e. The molecule has 0 aliphatic carbocycles. The van der Waals surface area contributed by atoms with E-state index >= 15 is 0 Å². The van der Waals surface area contributed by atoms with E-state index in [-0.39, 0.29) is 5.91 Å². The number of benzene rings is 2. The Balaban J connectivity index is 1.80. The van der Waals surface area contributed by atoms with Crippen molar-refractivity contribution in [2.75, 3.05) is 14.1 Å². The molecule has 0 saturated carbocycles. The molecule has 1 heterocycles. The lowest BCUT2D eigenvalue weighted by molar-refractivity contribution is 0.0944. The molecule has 0 unspecified atom stereocenters. The number of aromatic nitrogens is 2. The van der Waals surface area contributed by atoms with Crippen molar-refractivity contribution in [1.29, 1.82) is 0 Å². The molecule has 134 valence electrons. The van der Waals surface area contributed by atoms with Gasteiger partial charge in [-0.15, -0.1) is 0 Å². The zero-order valence-corrected chi connectivity index (χ0v) is 15.7. The lowest BCUT2D eigenvalue weighted by atomic mass is 10.1. The molecule has 0 atom stereocenters. The molecular formula is C20H22N4OS. The van der Waals surface area contributed by atoms with Crippen molar-refractivity contribution in [3.63, 3.8) is 0 Å². The number of H-pyrrole nitrogens is 1. The second-order valence-electron chi connectivity index (χ2n) is 6.34. The van der Waals surface area contributed by atoms with E-state index in [4.69, 9.17) is 12.2 Å². The van der Waals surface area contributed by atoms with Gasteiger partial charge in [0.15, 0.2) is 4.77 Å². The molecule has 0 radical (unpaired) electrons. The van der Waals surface area contributed by atoms with E-state index in [0.29, 0.717) is 17.0 Å². The van der Waals surface area contributed by atoms with Crippen LogP contribution in [0.15, 0.2) is 60.8 Å². The van der Waals surface area contributed by atoms with Gasteiger partial charge in [0.25, 0.3) is 5.91 Å². The Morgan fingerprint density at radius 1 is 1.08 bits per heavy atom. The number of aromatic amines is 1. The van der Waals surface area contributed by atoms with Crippen molar-refractivity contribution in [2.24, 2.45) is 0 Å². The van der Waals surface area contributed by atoms with Crippen molar-refractivity contribution in [3.05, 3.63) is 82.4 Å². The first-order valence-electron chi connectivity index (χ1n) is 8.42. The Hall–Kier alpha value is -2.70. The average molecular weight is 366 g/mol. The van der Waals surface area contributed by atoms with Gasteiger partial charge in [0.05, 0.1) is 0 Å². The van der Waals surface area contributed by atoms with Crippen LogP contribution in [0, 0.1) is 4.77 Å². The number of para-hydroxylation sites is 1. The lowest BCUT2D eigenvalue weighted by Crippen LogP contribution is -2.26. The number of amides is 1. The molecule has 2 aromatic carbocycles. The standard InChI is InChI=1S/C20H22N4OS/c1-23(2)14-16-9-7-6-8-15(16)12-21-19(25)18-13-22-20(26)24(18)17-10-4-3-5-11-17/h3-11,13H,12,14H2,1-2H3,(H,21,25)(H,22,26). The van der Waals surface area contributed by atoms with E-state index in [1.165, 1.54) is 5.56 Å². The highest BCUT2D eigenvalue weighted by Gasteiger charge is 2.14. The number of carbonyl (C=O) groups excluding carboxylic acids is 1. The highest BCUT2D eigenvalue weighted by atomic mass is 32.1. The van der Waals surface area contributed by atoms with Crippen molar-refractivity contribution in [1.82, 2.24) is 19.8 Å². The fourth-order valence-electron chi connectivity index (χ4n) is 2.86. The molecule has 2 N–H and O–H groups in total. The smallest absolute Gasteiger partial charge is 0.270 e. The molecule has 0 saturated heterocycles. The summed E-state index contributed by atoms with van der Waals surface area (Å²) in [5, 5.41) is 3.01. The van der Waals surface area contributed by atoms with Gasteiger partial charge in [0.2, 0.25) is 0 Å². The largest absolute Gasteiger partial charge is 0.347 e. The van der Waals surface area contributed by atoms with E-state index in [0.717, 1.165) is 17.8 Å². The second kappa shape index (κ2) is 8.12. The molecule has 6 heteroatoms. The molecule has 0 aliphatic heterocycles. The van der Waals surface area contributed by atoms with Crippen LogP contribution in [-0.2, 0) is 13.1 Å². The number of carbonyl (C=O) groups is 1. The summed E-state index contributed by atoms with van der Waals surface area (Å²) in [6.07, 6.45) is 1.65. The van der Waals surface area contributed by atoms with Crippen LogP contribution in [0.1, 0.15) is 21.6 Å². The van der Waals surface area contributed by atoms with Gasteiger partial charge in [-0.3, -0.25) is 9.36 Å². The Morgan fingerprint density at radius 3 is 2.42 bits per heavy atom. The third-order valence-corrected chi connectivity index (χ3v) is 4.37. The van der Waals surface area contributed by atoms with Gasteiger partial charge >= 0.3 is 0 Å². The maximum absolute atomic E-state index is 12.8. The number of nitrogens with one attached hydrogen (secondary N) is 2. The monoisotopic (exact) mass is 366 g/mol. The van der Waals surface area contributed by atoms with Gasteiger partial charge < -0.3 is 15.2 Å². The summed E-state index contributed by atoms with van der Waals surface area (Å²) in [6.45, 7) is 1.30.